The van der Waals surface area contributed by atoms with Crippen molar-refractivity contribution >= 4 is 5.91 Å². The Morgan fingerprint density at radius 3 is 2.04 bits per heavy atom. The number of rotatable bonds is 16. The average Bonchev–Trinajstić information content (AvgIpc) is 2.65. The summed E-state index contributed by atoms with van der Waals surface area (Å²) in [5, 5.41) is 0. The maximum absolute atomic E-state index is 11.7. The minimum Gasteiger partial charge on any atom is -0.377 e. The molecule has 3 heteroatoms. The van der Waals surface area contributed by atoms with E-state index in [2.05, 4.69) is 13.8 Å². The maximum atomic E-state index is 11.7. The molecule has 3 atom stereocenters. The van der Waals surface area contributed by atoms with E-state index in [9.17, 15) is 4.79 Å². The Morgan fingerprint density at radius 2 is 1.42 bits per heavy atom. The SMILES string of the molecule is CCCCCCCCC(CCCCCC)COC1CCCCC1C(N)=O. The van der Waals surface area contributed by atoms with E-state index in [-0.39, 0.29) is 17.9 Å². The van der Waals surface area contributed by atoms with Crippen LogP contribution in [0.2, 0.25) is 0 Å². The molecule has 154 valence electrons. The van der Waals surface area contributed by atoms with Gasteiger partial charge in [-0.2, -0.15) is 0 Å². The van der Waals surface area contributed by atoms with E-state index in [1.54, 1.807) is 0 Å². The van der Waals surface area contributed by atoms with Gasteiger partial charge in [-0.1, -0.05) is 90.9 Å². The number of carbonyl (C=O) groups is 1. The minimum atomic E-state index is -0.162. The molecule has 1 aliphatic carbocycles. The van der Waals surface area contributed by atoms with E-state index >= 15 is 0 Å². The predicted molar refractivity (Wildman–Crippen MR) is 111 cm³/mol. The van der Waals surface area contributed by atoms with Gasteiger partial charge in [0, 0.05) is 6.61 Å². The van der Waals surface area contributed by atoms with Crippen molar-refractivity contribution in [3.05, 3.63) is 0 Å². The molecule has 2 N–H and O–H groups in total. The first-order valence-corrected chi connectivity index (χ1v) is 11.6. The summed E-state index contributed by atoms with van der Waals surface area (Å²) in [4.78, 5) is 11.7. The molecule has 0 bridgehead atoms. The third-order valence-corrected chi connectivity index (χ3v) is 6.05. The largest absolute Gasteiger partial charge is 0.377 e. The number of carbonyl (C=O) groups excluding carboxylic acids is 1. The standard InChI is InChI=1S/C23H45NO2/c1-3-5-7-9-10-12-16-20(15-11-8-6-4-2)19-26-22-18-14-13-17-21(22)23(24)25/h20-22H,3-19H2,1-2H3,(H2,24,25). The van der Waals surface area contributed by atoms with E-state index in [1.807, 2.05) is 0 Å². The summed E-state index contributed by atoms with van der Waals surface area (Å²) >= 11 is 0. The van der Waals surface area contributed by atoms with Crippen LogP contribution in [0.25, 0.3) is 0 Å². The first-order chi connectivity index (χ1) is 12.7. The summed E-state index contributed by atoms with van der Waals surface area (Å²) in [7, 11) is 0. The van der Waals surface area contributed by atoms with E-state index in [0.717, 1.165) is 25.9 Å². The molecule has 0 heterocycles. The Morgan fingerprint density at radius 1 is 0.885 bits per heavy atom. The van der Waals surface area contributed by atoms with Crippen LogP contribution in [0.15, 0.2) is 0 Å². The fourth-order valence-corrected chi connectivity index (χ4v) is 4.27. The van der Waals surface area contributed by atoms with Crippen molar-refractivity contribution in [2.75, 3.05) is 6.61 Å². The Bertz CT molecular complexity index is 345. The van der Waals surface area contributed by atoms with Gasteiger partial charge in [-0.05, 0) is 31.6 Å². The van der Waals surface area contributed by atoms with Gasteiger partial charge in [0.05, 0.1) is 12.0 Å². The molecule has 1 fully saturated rings. The van der Waals surface area contributed by atoms with Crippen molar-refractivity contribution < 1.29 is 9.53 Å². The maximum Gasteiger partial charge on any atom is 0.223 e. The van der Waals surface area contributed by atoms with E-state index in [0.29, 0.717) is 5.92 Å². The first kappa shape index (κ1) is 23.5. The molecule has 3 nitrogen and oxygen atoms in total. The van der Waals surface area contributed by atoms with Crippen LogP contribution in [0.1, 0.15) is 117 Å². The normalized spacial score (nSPS) is 21.6. The number of unbranched alkanes of at least 4 members (excludes halogenated alkanes) is 8. The van der Waals surface area contributed by atoms with Crippen molar-refractivity contribution in [3.63, 3.8) is 0 Å². The Labute approximate surface area is 162 Å². The van der Waals surface area contributed by atoms with Crippen LogP contribution in [0.4, 0.5) is 0 Å². The molecule has 1 aliphatic rings. The van der Waals surface area contributed by atoms with Crippen molar-refractivity contribution in [2.45, 2.75) is 123 Å². The van der Waals surface area contributed by atoms with Crippen molar-refractivity contribution in [3.8, 4) is 0 Å². The van der Waals surface area contributed by atoms with Crippen LogP contribution >= 0.6 is 0 Å². The molecule has 3 unspecified atom stereocenters. The molecular formula is C23H45NO2. The monoisotopic (exact) mass is 367 g/mol. The topological polar surface area (TPSA) is 52.3 Å². The third kappa shape index (κ3) is 10.5. The van der Waals surface area contributed by atoms with Crippen LogP contribution < -0.4 is 5.73 Å². The highest BCUT2D eigenvalue weighted by Gasteiger charge is 2.30. The highest BCUT2D eigenvalue weighted by Crippen LogP contribution is 2.28. The fourth-order valence-electron chi connectivity index (χ4n) is 4.27. The summed E-state index contributed by atoms with van der Waals surface area (Å²) < 4.78 is 6.27. The van der Waals surface area contributed by atoms with Gasteiger partial charge in [0.1, 0.15) is 0 Å². The number of amides is 1. The molecule has 0 aromatic heterocycles. The molecule has 1 saturated carbocycles. The minimum absolute atomic E-state index is 0.0569. The summed E-state index contributed by atoms with van der Waals surface area (Å²) in [5.74, 6) is 0.442. The van der Waals surface area contributed by atoms with E-state index < -0.39 is 0 Å². The smallest absolute Gasteiger partial charge is 0.223 e. The summed E-state index contributed by atoms with van der Waals surface area (Å²) in [5.41, 5.74) is 5.60. The lowest BCUT2D eigenvalue weighted by atomic mass is 9.85. The summed E-state index contributed by atoms with van der Waals surface area (Å²) in [6.45, 7) is 5.37. The number of nitrogens with two attached hydrogens (primary N) is 1. The van der Waals surface area contributed by atoms with Gasteiger partial charge in [0.2, 0.25) is 5.91 Å². The lowest BCUT2D eigenvalue weighted by Crippen LogP contribution is -2.38. The van der Waals surface area contributed by atoms with Crippen LogP contribution in [0.3, 0.4) is 0 Å². The molecule has 1 rings (SSSR count). The summed E-state index contributed by atoms with van der Waals surface area (Å²) in [6, 6.07) is 0. The highest BCUT2D eigenvalue weighted by molar-refractivity contribution is 5.77. The molecular weight excluding hydrogens is 322 g/mol. The van der Waals surface area contributed by atoms with Crippen LogP contribution in [0.5, 0.6) is 0 Å². The molecule has 0 saturated heterocycles. The molecule has 0 aromatic carbocycles. The number of hydrogen-bond donors (Lipinski definition) is 1. The Balaban J connectivity index is 2.35. The van der Waals surface area contributed by atoms with Crippen LogP contribution in [-0.2, 0) is 9.53 Å². The second-order valence-corrected chi connectivity index (χ2v) is 8.44. The van der Waals surface area contributed by atoms with E-state index in [4.69, 9.17) is 10.5 Å². The highest BCUT2D eigenvalue weighted by atomic mass is 16.5. The molecule has 0 aliphatic heterocycles. The van der Waals surface area contributed by atoms with Crippen molar-refractivity contribution in [2.24, 2.45) is 17.6 Å². The second kappa shape index (κ2) is 15.5. The third-order valence-electron chi connectivity index (χ3n) is 6.05. The predicted octanol–water partition coefficient (Wildman–Crippen LogP) is 6.38. The number of ether oxygens (including phenoxy) is 1. The average molecular weight is 368 g/mol. The Hall–Kier alpha value is -0.570. The van der Waals surface area contributed by atoms with Crippen molar-refractivity contribution in [1.82, 2.24) is 0 Å². The van der Waals surface area contributed by atoms with Crippen molar-refractivity contribution in [1.29, 1.82) is 0 Å². The zero-order valence-corrected chi connectivity index (χ0v) is 17.6. The van der Waals surface area contributed by atoms with Crippen LogP contribution in [-0.4, -0.2) is 18.6 Å². The van der Waals surface area contributed by atoms with Gasteiger partial charge < -0.3 is 10.5 Å². The molecule has 26 heavy (non-hydrogen) atoms. The molecule has 1 amide bonds. The summed E-state index contributed by atoms with van der Waals surface area (Å²) in [6.07, 6.45) is 20.3. The zero-order chi connectivity index (χ0) is 19.0. The lowest BCUT2D eigenvalue weighted by Gasteiger charge is -2.31. The lowest BCUT2D eigenvalue weighted by molar-refractivity contribution is -0.130. The van der Waals surface area contributed by atoms with Crippen LogP contribution in [0, 0.1) is 11.8 Å². The quantitative estimate of drug-likeness (QED) is 0.322. The molecule has 0 spiro atoms. The van der Waals surface area contributed by atoms with Gasteiger partial charge in [-0.25, -0.2) is 0 Å². The fraction of sp³-hybridized carbons (Fsp3) is 0.957. The number of primary amides is 1. The Kier molecular flexibility index (Phi) is 14.0. The van der Waals surface area contributed by atoms with Gasteiger partial charge in [-0.3, -0.25) is 4.79 Å². The van der Waals surface area contributed by atoms with Gasteiger partial charge in [-0.15, -0.1) is 0 Å². The second-order valence-electron chi connectivity index (χ2n) is 8.44. The zero-order valence-electron chi connectivity index (χ0n) is 17.6. The van der Waals surface area contributed by atoms with Gasteiger partial charge >= 0.3 is 0 Å². The molecule has 0 radical (unpaired) electrons. The van der Waals surface area contributed by atoms with E-state index in [1.165, 1.54) is 83.5 Å². The first-order valence-electron chi connectivity index (χ1n) is 11.6. The van der Waals surface area contributed by atoms with Gasteiger partial charge in [0.25, 0.3) is 0 Å². The number of hydrogen-bond acceptors (Lipinski definition) is 2. The van der Waals surface area contributed by atoms with Gasteiger partial charge in [0.15, 0.2) is 0 Å². The molecule has 0 aromatic rings.